The molecule has 0 spiro atoms. The first-order valence-corrected chi connectivity index (χ1v) is 9.75. The van der Waals surface area contributed by atoms with Crippen LogP contribution in [0.2, 0.25) is 5.02 Å². The molecule has 3 nitrogen and oxygen atoms in total. The Morgan fingerprint density at radius 3 is 2.39 bits per heavy atom. The topological polar surface area (TPSA) is 42.0 Å². The Labute approximate surface area is 170 Å². The molecule has 1 N–H and O–H groups in total. The van der Waals surface area contributed by atoms with Gasteiger partial charge in [0.05, 0.1) is 22.0 Å². The Morgan fingerprint density at radius 1 is 0.929 bits per heavy atom. The lowest BCUT2D eigenvalue weighted by atomic mass is 10.1. The van der Waals surface area contributed by atoms with Gasteiger partial charge < -0.3 is 5.32 Å². The quantitative estimate of drug-likeness (QED) is 0.417. The molecule has 0 saturated heterocycles. The van der Waals surface area contributed by atoms with Crippen LogP contribution in [0, 0.1) is 5.82 Å². The maximum atomic E-state index is 14.1. The van der Waals surface area contributed by atoms with Crippen LogP contribution in [-0.2, 0) is 0 Å². The van der Waals surface area contributed by atoms with E-state index in [0.717, 1.165) is 5.56 Å². The second-order valence-electron chi connectivity index (χ2n) is 6.00. The van der Waals surface area contributed by atoms with Crippen LogP contribution in [0.1, 0.15) is 10.4 Å². The second kappa shape index (κ2) is 7.92. The highest BCUT2D eigenvalue weighted by atomic mass is 35.5. The van der Waals surface area contributed by atoms with Gasteiger partial charge in [-0.2, -0.15) is 0 Å². The SMILES string of the molecule is O=C(Nc1ccccc1-c1csc(-c2ccccc2F)n1)c1ccccc1Cl. The van der Waals surface area contributed by atoms with Crippen LogP contribution in [0.3, 0.4) is 0 Å². The van der Waals surface area contributed by atoms with E-state index in [1.807, 2.05) is 23.6 Å². The number of halogens is 2. The minimum absolute atomic E-state index is 0.303. The third-order valence-electron chi connectivity index (χ3n) is 4.18. The maximum Gasteiger partial charge on any atom is 0.257 e. The molecule has 28 heavy (non-hydrogen) atoms. The monoisotopic (exact) mass is 408 g/mol. The first-order valence-electron chi connectivity index (χ1n) is 8.49. The van der Waals surface area contributed by atoms with Gasteiger partial charge in [-0.15, -0.1) is 11.3 Å². The van der Waals surface area contributed by atoms with E-state index >= 15 is 0 Å². The minimum Gasteiger partial charge on any atom is -0.321 e. The number of amides is 1. The number of para-hydroxylation sites is 1. The molecule has 0 radical (unpaired) electrons. The van der Waals surface area contributed by atoms with E-state index < -0.39 is 0 Å². The van der Waals surface area contributed by atoms with Crippen molar-refractivity contribution in [3.63, 3.8) is 0 Å². The normalized spacial score (nSPS) is 10.6. The van der Waals surface area contributed by atoms with E-state index in [9.17, 15) is 9.18 Å². The second-order valence-corrected chi connectivity index (χ2v) is 7.26. The fourth-order valence-corrected chi connectivity index (χ4v) is 3.87. The summed E-state index contributed by atoms with van der Waals surface area (Å²) in [6.07, 6.45) is 0. The van der Waals surface area contributed by atoms with Gasteiger partial charge in [0.15, 0.2) is 0 Å². The van der Waals surface area contributed by atoms with Gasteiger partial charge in [0, 0.05) is 16.5 Å². The van der Waals surface area contributed by atoms with E-state index in [4.69, 9.17) is 11.6 Å². The third-order valence-corrected chi connectivity index (χ3v) is 5.38. The van der Waals surface area contributed by atoms with Crippen LogP contribution in [-0.4, -0.2) is 10.9 Å². The molecule has 1 aromatic heterocycles. The minimum atomic E-state index is -0.316. The predicted molar refractivity (Wildman–Crippen MR) is 112 cm³/mol. The third kappa shape index (κ3) is 3.67. The summed E-state index contributed by atoms with van der Waals surface area (Å²) in [7, 11) is 0. The number of anilines is 1. The van der Waals surface area contributed by atoms with E-state index in [1.165, 1.54) is 17.4 Å². The Morgan fingerprint density at radius 2 is 1.61 bits per heavy atom. The van der Waals surface area contributed by atoms with Crippen LogP contribution < -0.4 is 5.32 Å². The largest absolute Gasteiger partial charge is 0.321 e. The van der Waals surface area contributed by atoms with Gasteiger partial charge in [0.1, 0.15) is 10.8 Å². The van der Waals surface area contributed by atoms with Crippen molar-refractivity contribution in [1.82, 2.24) is 4.98 Å². The van der Waals surface area contributed by atoms with E-state index in [2.05, 4.69) is 10.3 Å². The molecule has 4 aromatic rings. The Hall–Kier alpha value is -3.02. The van der Waals surface area contributed by atoms with Crippen LogP contribution in [0.15, 0.2) is 78.2 Å². The average molecular weight is 409 g/mol. The molecule has 138 valence electrons. The predicted octanol–water partition coefficient (Wildman–Crippen LogP) is 6.52. The zero-order chi connectivity index (χ0) is 19.5. The summed E-state index contributed by atoms with van der Waals surface area (Å²) < 4.78 is 14.1. The van der Waals surface area contributed by atoms with Gasteiger partial charge >= 0.3 is 0 Å². The first-order chi connectivity index (χ1) is 13.6. The number of thiazole rings is 1. The van der Waals surface area contributed by atoms with Crippen molar-refractivity contribution in [2.45, 2.75) is 0 Å². The van der Waals surface area contributed by atoms with Crippen molar-refractivity contribution in [1.29, 1.82) is 0 Å². The number of hydrogen-bond acceptors (Lipinski definition) is 3. The van der Waals surface area contributed by atoms with Crippen molar-refractivity contribution >= 4 is 34.5 Å². The summed E-state index contributed by atoms with van der Waals surface area (Å²) in [6.45, 7) is 0. The molecule has 4 rings (SSSR count). The van der Waals surface area contributed by atoms with Gasteiger partial charge in [-0.1, -0.05) is 54.1 Å². The zero-order valence-electron chi connectivity index (χ0n) is 14.5. The summed E-state index contributed by atoms with van der Waals surface area (Å²) in [6, 6.07) is 20.7. The maximum absolute atomic E-state index is 14.1. The molecule has 0 saturated carbocycles. The van der Waals surface area contributed by atoms with E-state index in [0.29, 0.717) is 32.5 Å². The fourth-order valence-electron chi connectivity index (χ4n) is 2.81. The molecule has 1 heterocycles. The molecular formula is C22H14ClFN2OS. The van der Waals surface area contributed by atoms with Gasteiger partial charge in [0.2, 0.25) is 0 Å². The molecule has 0 unspecified atom stereocenters. The number of nitrogens with one attached hydrogen (secondary N) is 1. The van der Waals surface area contributed by atoms with E-state index in [1.54, 1.807) is 48.5 Å². The molecular weight excluding hydrogens is 395 g/mol. The molecule has 0 aliphatic carbocycles. The summed E-state index contributed by atoms with van der Waals surface area (Å²) in [5, 5.41) is 5.71. The number of hydrogen-bond donors (Lipinski definition) is 1. The highest BCUT2D eigenvalue weighted by Gasteiger charge is 2.15. The lowest BCUT2D eigenvalue weighted by Crippen LogP contribution is -2.13. The van der Waals surface area contributed by atoms with Crippen LogP contribution >= 0.6 is 22.9 Å². The molecule has 6 heteroatoms. The highest BCUT2D eigenvalue weighted by Crippen LogP contribution is 2.34. The average Bonchev–Trinajstić information content (AvgIpc) is 3.19. The Bertz CT molecular complexity index is 1160. The summed E-state index contributed by atoms with van der Waals surface area (Å²) in [5.41, 5.74) is 2.87. The van der Waals surface area contributed by atoms with Crippen LogP contribution in [0.4, 0.5) is 10.1 Å². The molecule has 0 aliphatic heterocycles. The molecule has 3 aromatic carbocycles. The number of nitrogens with zero attached hydrogens (tertiary/aromatic N) is 1. The standard InChI is InChI=1S/C22H14ClFN2OS/c23-17-10-4-1-7-14(17)21(27)25-19-12-6-3-9-16(19)20-13-28-22(26-20)15-8-2-5-11-18(15)24/h1-13H,(H,25,27). The van der Waals surface area contributed by atoms with Crippen LogP contribution in [0.5, 0.6) is 0 Å². The summed E-state index contributed by atoms with van der Waals surface area (Å²) in [5.74, 6) is -0.619. The zero-order valence-corrected chi connectivity index (χ0v) is 16.1. The lowest BCUT2D eigenvalue weighted by Gasteiger charge is -2.10. The molecule has 0 fully saturated rings. The fraction of sp³-hybridized carbons (Fsp3) is 0. The van der Waals surface area contributed by atoms with Crippen molar-refractivity contribution in [2.24, 2.45) is 0 Å². The van der Waals surface area contributed by atoms with Gasteiger partial charge in [-0.25, -0.2) is 9.37 Å². The number of benzene rings is 3. The Balaban J connectivity index is 1.67. The van der Waals surface area contributed by atoms with Gasteiger partial charge in [-0.05, 0) is 30.3 Å². The van der Waals surface area contributed by atoms with Crippen LogP contribution in [0.25, 0.3) is 21.8 Å². The van der Waals surface area contributed by atoms with Crippen molar-refractivity contribution in [3.05, 3.63) is 94.6 Å². The lowest BCUT2D eigenvalue weighted by molar-refractivity contribution is 0.102. The molecule has 0 atom stereocenters. The summed E-state index contributed by atoms with van der Waals surface area (Å²) in [4.78, 5) is 17.2. The molecule has 0 aliphatic rings. The van der Waals surface area contributed by atoms with Gasteiger partial charge in [-0.3, -0.25) is 4.79 Å². The number of carbonyl (C=O) groups excluding carboxylic acids is 1. The Kier molecular flexibility index (Phi) is 5.19. The number of rotatable bonds is 4. The van der Waals surface area contributed by atoms with Crippen molar-refractivity contribution < 1.29 is 9.18 Å². The molecule has 0 bridgehead atoms. The summed E-state index contributed by atoms with van der Waals surface area (Å²) >= 11 is 7.47. The van der Waals surface area contributed by atoms with Crippen molar-refractivity contribution in [2.75, 3.05) is 5.32 Å². The highest BCUT2D eigenvalue weighted by molar-refractivity contribution is 7.13. The van der Waals surface area contributed by atoms with Gasteiger partial charge in [0.25, 0.3) is 5.91 Å². The smallest absolute Gasteiger partial charge is 0.257 e. The molecule has 1 amide bonds. The van der Waals surface area contributed by atoms with Crippen molar-refractivity contribution in [3.8, 4) is 21.8 Å². The van der Waals surface area contributed by atoms with E-state index in [-0.39, 0.29) is 11.7 Å². The number of carbonyl (C=O) groups is 1. The number of aromatic nitrogens is 1. The first kappa shape index (κ1) is 18.3.